The van der Waals surface area contributed by atoms with Crippen LogP contribution in [0.15, 0.2) is 17.9 Å². The first-order valence-corrected chi connectivity index (χ1v) is 15.7. The molecule has 0 amide bonds. The summed E-state index contributed by atoms with van der Waals surface area (Å²) in [6.45, 7) is 5.06. The van der Waals surface area contributed by atoms with E-state index in [1.165, 1.54) is 51.4 Å². The van der Waals surface area contributed by atoms with E-state index in [9.17, 15) is 9.59 Å². The van der Waals surface area contributed by atoms with E-state index in [1.54, 1.807) is 0 Å². The predicted octanol–water partition coefficient (Wildman–Crippen LogP) is 10.6. The SMILES string of the molecule is CCCCCCCCCCOC(=O)c1c(Br)c(Br)c(Br)c(Br)c1C(=O)OCCCCCCCC. The smallest absolute Gasteiger partial charge is 0.340 e. The third kappa shape index (κ3) is 11.4. The fourth-order valence-corrected chi connectivity index (χ4v) is 6.05. The molecule has 34 heavy (non-hydrogen) atoms. The van der Waals surface area contributed by atoms with Gasteiger partial charge in [-0.2, -0.15) is 0 Å². The molecule has 0 radical (unpaired) electrons. The van der Waals surface area contributed by atoms with Gasteiger partial charge in [0.05, 0.1) is 24.3 Å². The summed E-state index contributed by atoms with van der Waals surface area (Å²) in [6, 6.07) is 0. The average molecular weight is 734 g/mol. The molecule has 1 aromatic rings. The molecule has 0 aliphatic rings. The Bertz CT molecular complexity index is 768. The van der Waals surface area contributed by atoms with Crippen molar-refractivity contribution < 1.29 is 19.1 Å². The average Bonchev–Trinajstić information content (AvgIpc) is 2.82. The fraction of sp³-hybridized carbons (Fsp3) is 0.692. The number of unbranched alkanes of at least 4 members (excludes halogenated alkanes) is 12. The molecule has 8 heteroatoms. The second-order valence-corrected chi connectivity index (χ2v) is 11.7. The van der Waals surface area contributed by atoms with E-state index in [4.69, 9.17) is 9.47 Å². The summed E-state index contributed by atoms with van der Waals surface area (Å²) in [6.07, 6.45) is 15.9. The third-order valence-electron chi connectivity index (χ3n) is 5.64. The monoisotopic (exact) mass is 730 g/mol. The summed E-state index contributed by atoms with van der Waals surface area (Å²) in [5.74, 6) is -1.07. The Hall–Kier alpha value is 0.0800. The minimum Gasteiger partial charge on any atom is -0.462 e. The Labute approximate surface area is 239 Å². The molecule has 1 aromatic carbocycles. The number of rotatable bonds is 18. The van der Waals surface area contributed by atoms with E-state index in [0.29, 0.717) is 31.1 Å². The summed E-state index contributed by atoms with van der Waals surface area (Å²) in [5.41, 5.74) is 0.350. The van der Waals surface area contributed by atoms with Crippen molar-refractivity contribution >= 4 is 75.7 Å². The standard InChI is InChI=1S/C26H38Br4O4/c1-3-5-7-9-11-12-14-16-18-34-26(32)20-19(21(27)23(29)24(30)22(20)28)25(31)33-17-15-13-10-8-6-4-2/h3-18H2,1-2H3. The molecule has 0 bridgehead atoms. The Morgan fingerprint density at radius 2 is 0.794 bits per heavy atom. The molecule has 4 nitrogen and oxygen atoms in total. The summed E-state index contributed by atoms with van der Waals surface area (Å²) in [5, 5.41) is 0. The molecule has 1 rings (SSSR count). The highest BCUT2D eigenvalue weighted by Gasteiger charge is 2.29. The van der Waals surface area contributed by atoms with Gasteiger partial charge in [0.15, 0.2) is 0 Å². The molecule has 0 heterocycles. The van der Waals surface area contributed by atoms with Crippen molar-refractivity contribution in [1.82, 2.24) is 0 Å². The van der Waals surface area contributed by atoms with Gasteiger partial charge in [0, 0.05) is 17.9 Å². The summed E-state index contributed by atoms with van der Waals surface area (Å²) in [7, 11) is 0. The molecule has 0 saturated heterocycles. The van der Waals surface area contributed by atoms with Crippen LogP contribution in [0, 0.1) is 0 Å². The number of esters is 2. The first kappa shape index (κ1) is 32.1. The first-order valence-electron chi connectivity index (χ1n) is 12.6. The van der Waals surface area contributed by atoms with Crippen LogP contribution in [0.1, 0.15) is 124 Å². The van der Waals surface area contributed by atoms with E-state index in [1.807, 2.05) is 0 Å². The van der Waals surface area contributed by atoms with Gasteiger partial charge < -0.3 is 9.47 Å². The zero-order valence-electron chi connectivity index (χ0n) is 20.5. The summed E-state index contributed by atoms with van der Waals surface area (Å²) in [4.78, 5) is 25.9. The largest absolute Gasteiger partial charge is 0.462 e. The lowest BCUT2D eigenvalue weighted by Gasteiger charge is -2.16. The highest BCUT2D eigenvalue weighted by Crippen LogP contribution is 2.42. The Morgan fingerprint density at radius 3 is 1.12 bits per heavy atom. The van der Waals surface area contributed by atoms with Crippen LogP contribution >= 0.6 is 63.7 Å². The molecular formula is C26H38Br4O4. The molecule has 0 atom stereocenters. The molecule has 0 unspecified atom stereocenters. The van der Waals surface area contributed by atoms with E-state index in [0.717, 1.165) is 38.5 Å². The maximum absolute atomic E-state index is 13.0. The molecule has 194 valence electrons. The highest BCUT2D eigenvalue weighted by atomic mass is 79.9. The number of hydrogen-bond acceptors (Lipinski definition) is 4. The van der Waals surface area contributed by atoms with E-state index in [2.05, 4.69) is 77.6 Å². The Morgan fingerprint density at radius 1 is 0.500 bits per heavy atom. The number of benzene rings is 1. The lowest BCUT2D eigenvalue weighted by molar-refractivity contribution is 0.0448. The van der Waals surface area contributed by atoms with Gasteiger partial charge in [-0.25, -0.2) is 9.59 Å². The lowest BCUT2D eigenvalue weighted by atomic mass is 10.1. The van der Waals surface area contributed by atoms with Gasteiger partial charge >= 0.3 is 11.9 Å². The highest BCUT2D eigenvalue weighted by molar-refractivity contribution is 9.15. The van der Waals surface area contributed by atoms with Crippen LogP contribution in [0.5, 0.6) is 0 Å². The normalized spacial score (nSPS) is 11.0. The van der Waals surface area contributed by atoms with Crippen molar-refractivity contribution in [1.29, 1.82) is 0 Å². The van der Waals surface area contributed by atoms with Crippen molar-refractivity contribution in [2.45, 2.75) is 104 Å². The molecular weight excluding hydrogens is 696 g/mol. The zero-order chi connectivity index (χ0) is 25.3. The number of halogens is 4. The van der Waals surface area contributed by atoms with Crippen molar-refractivity contribution in [2.24, 2.45) is 0 Å². The second-order valence-electron chi connectivity index (χ2n) is 8.52. The van der Waals surface area contributed by atoms with Crippen molar-refractivity contribution in [3.8, 4) is 0 Å². The Balaban J connectivity index is 2.69. The van der Waals surface area contributed by atoms with Crippen LogP contribution in [0.4, 0.5) is 0 Å². The van der Waals surface area contributed by atoms with E-state index >= 15 is 0 Å². The maximum atomic E-state index is 13.0. The number of carbonyl (C=O) groups excluding carboxylic acids is 2. The number of hydrogen-bond donors (Lipinski definition) is 0. The van der Waals surface area contributed by atoms with E-state index < -0.39 is 11.9 Å². The van der Waals surface area contributed by atoms with Crippen LogP contribution in [0.2, 0.25) is 0 Å². The minimum absolute atomic E-state index is 0.175. The molecule has 0 saturated carbocycles. The molecule has 0 aliphatic heterocycles. The van der Waals surface area contributed by atoms with E-state index in [-0.39, 0.29) is 11.1 Å². The van der Waals surface area contributed by atoms with Crippen LogP contribution < -0.4 is 0 Å². The van der Waals surface area contributed by atoms with Crippen molar-refractivity contribution in [3.05, 3.63) is 29.0 Å². The van der Waals surface area contributed by atoms with Gasteiger partial charge in [-0.05, 0) is 76.6 Å². The molecule has 0 fully saturated rings. The van der Waals surface area contributed by atoms with Crippen LogP contribution in [0.25, 0.3) is 0 Å². The summed E-state index contributed by atoms with van der Waals surface area (Å²) < 4.78 is 13.3. The van der Waals surface area contributed by atoms with Gasteiger partial charge in [0.2, 0.25) is 0 Å². The van der Waals surface area contributed by atoms with Crippen LogP contribution in [-0.4, -0.2) is 25.2 Å². The molecule has 0 spiro atoms. The van der Waals surface area contributed by atoms with Gasteiger partial charge in [-0.1, -0.05) is 90.9 Å². The van der Waals surface area contributed by atoms with Gasteiger partial charge in [0.25, 0.3) is 0 Å². The molecule has 0 aliphatic carbocycles. The quantitative estimate of drug-likeness (QED) is 0.0652. The Kier molecular flexibility index (Phi) is 18.2. The molecule has 0 N–H and O–H groups in total. The zero-order valence-corrected chi connectivity index (χ0v) is 26.8. The van der Waals surface area contributed by atoms with Gasteiger partial charge in [-0.3, -0.25) is 0 Å². The number of ether oxygens (including phenoxy) is 2. The fourth-order valence-electron chi connectivity index (χ4n) is 3.61. The number of carbonyl (C=O) groups is 2. The minimum atomic E-state index is -0.534. The lowest BCUT2D eigenvalue weighted by Crippen LogP contribution is -2.17. The predicted molar refractivity (Wildman–Crippen MR) is 154 cm³/mol. The third-order valence-corrected chi connectivity index (χ3v) is 10.4. The van der Waals surface area contributed by atoms with Gasteiger partial charge in [-0.15, -0.1) is 0 Å². The topological polar surface area (TPSA) is 52.6 Å². The van der Waals surface area contributed by atoms with Crippen molar-refractivity contribution in [3.63, 3.8) is 0 Å². The van der Waals surface area contributed by atoms with Crippen LogP contribution in [-0.2, 0) is 9.47 Å². The molecule has 0 aromatic heterocycles. The maximum Gasteiger partial charge on any atom is 0.340 e. The summed E-state index contributed by atoms with van der Waals surface area (Å²) >= 11 is 13.9. The van der Waals surface area contributed by atoms with Crippen LogP contribution in [0.3, 0.4) is 0 Å². The second kappa shape index (κ2) is 19.2. The van der Waals surface area contributed by atoms with Gasteiger partial charge in [0.1, 0.15) is 0 Å². The van der Waals surface area contributed by atoms with Crippen molar-refractivity contribution in [2.75, 3.05) is 13.2 Å². The first-order chi connectivity index (χ1) is 16.4.